The fraction of sp³-hybridized carbons (Fsp3) is 0.467. The molecule has 0 unspecified atom stereocenters. The zero-order chi connectivity index (χ0) is 14.7. The number of carboxylic acid groups (broad SMARTS) is 1. The van der Waals surface area contributed by atoms with E-state index in [1.807, 2.05) is 37.3 Å². The lowest BCUT2D eigenvalue weighted by Gasteiger charge is -2.46. The summed E-state index contributed by atoms with van der Waals surface area (Å²) < 4.78 is 0. The Kier molecular flexibility index (Phi) is 4.27. The van der Waals surface area contributed by atoms with E-state index in [0.29, 0.717) is 13.1 Å². The van der Waals surface area contributed by atoms with Crippen molar-refractivity contribution in [2.24, 2.45) is 0 Å². The number of nitrogens with zero attached hydrogens (tertiary/aromatic N) is 2. The lowest BCUT2D eigenvalue weighted by Crippen LogP contribution is -2.60. The van der Waals surface area contributed by atoms with Crippen LogP contribution in [-0.4, -0.2) is 47.1 Å². The molecule has 2 rings (SSSR count). The van der Waals surface area contributed by atoms with Crippen molar-refractivity contribution in [3.05, 3.63) is 30.3 Å². The third-order valence-electron chi connectivity index (χ3n) is 3.91. The number of anilines is 1. The maximum atomic E-state index is 11.6. The minimum atomic E-state index is -0.840. The number of aliphatic carboxylic acids is 1. The van der Waals surface area contributed by atoms with Crippen LogP contribution in [0.25, 0.3) is 0 Å². The summed E-state index contributed by atoms with van der Waals surface area (Å²) in [5, 5.41) is 9.14. The average Bonchev–Trinajstić information content (AvgIpc) is 2.41. The Morgan fingerprint density at radius 1 is 1.25 bits per heavy atom. The molecule has 0 aliphatic carbocycles. The maximum Gasteiger partial charge on any atom is 0.305 e. The van der Waals surface area contributed by atoms with E-state index in [0.717, 1.165) is 5.69 Å². The topological polar surface area (TPSA) is 60.9 Å². The van der Waals surface area contributed by atoms with Crippen molar-refractivity contribution in [3.8, 4) is 0 Å². The fourth-order valence-electron chi connectivity index (χ4n) is 2.90. The van der Waals surface area contributed by atoms with Crippen molar-refractivity contribution in [1.82, 2.24) is 4.90 Å². The van der Waals surface area contributed by atoms with Crippen molar-refractivity contribution in [2.45, 2.75) is 32.4 Å². The number of benzene rings is 1. The molecule has 1 heterocycles. The van der Waals surface area contributed by atoms with Gasteiger partial charge in [0.1, 0.15) is 0 Å². The third kappa shape index (κ3) is 2.92. The van der Waals surface area contributed by atoms with Gasteiger partial charge in [-0.3, -0.25) is 9.59 Å². The molecule has 1 aliphatic heterocycles. The standard InChI is InChI=1S/C15H20N2O3/c1-11-14(10-15(19)20)17(9-8-16(11)12(2)18)13-6-4-3-5-7-13/h3-7,11,14H,8-10H2,1-2H3,(H,19,20)/t11-,14-/m1/s1. The second kappa shape index (κ2) is 5.94. The minimum absolute atomic E-state index is 0.000556. The van der Waals surface area contributed by atoms with Crippen LogP contribution in [0.15, 0.2) is 30.3 Å². The summed E-state index contributed by atoms with van der Waals surface area (Å²) in [7, 11) is 0. The van der Waals surface area contributed by atoms with Gasteiger partial charge < -0.3 is 14.9 Å². The van der Waals surface area contributed by atoms with Crippen LogP contribution in [0, 0.1) is 0 Å². The predicted octanol–water partition coefficient (Wildman–Crippen LogP) is 1.59. The molecule has 0 radical (unpaired) electrons. The fourth-order valence-corrected chi connectivity index (χ4v) is 2.90. The van der Waals surface area contributed by atoms with Gasteiger partial charge in [0.25, 0.3) is 0 Å². The Morgan fingerprint density at radius 2 is 1.90 bits per heavy atom. The van der Waals surface area contributed by atoms with Crippen molar-refractivity contribution in [3.63, 3.8) is 0 Å². The van der Waals surface area contributed by atoms with Gasteiger partial charge in [0, 0.05) is 31.7 Å². The monoisotopic (exact) mass is 276 g/mol. The Labute approximate surface area is 118 Å². The van der Waals surface area contributed by atoms with E-state index in [2.05, 4.69) is 4.90 Å². The second-order valence-electron chi connectivity index (χ2n) is 5.15. The van der Waals surface area contributed by atoms with E-state index >= 15 is 0 Å². The highest BCUT2D eigenvalue weighted by Gasteiger charge is 2.36. The summed E-state index contributed by atoms with van der Waals surface area (Å²) in [5.74, 6) is -0.839. The largest absolute Gasteiger partial charge is 0.481 e. The maximum absolute atomic E-state index is 11.6. The number of piperazine rings is 1. The van der Waals surface area contributed by atoms with E-state index in [9.17, 15) is 9.59 Å². The first-order valence-corrected chi connectivity index (χ1v) is 6.81. The van der Waals surface area contributed by atoms with Gasteiger partial charge in [-0.05, 0) is 19.1 Å². The van der Waals surface area contributed by atoms with E-state index in [-0.39, 0.29) is 24.4 Å². The molecule has 5 nitrogen and oxygen atoms in total. The lowest BCUT2D eigenvalue weighted by molar-refractivity contribution is -0.140. The van der Waals surface area contributed by atoms with Crippen molar-refractivity contribution in [2.75, 3.05) is 18.0 Å². The minimum Gasteiger partial charge on any atom is -0.481 e. The van der Waals surface area contributed by atoms with Crippen LogP contribution in [-0.2, 0) is 9.59 Å². The average molecular weight is 276 g/mol. The van der Waals surface area contributed by atoms with Crippen molar-refractivity contribution < 1.29 is 14.7 Å². The zero-order valence-corrected chi connectivity index (χ0v) is 11.8. The quantitative estimate of drug-likeness (QED) is 0.910. The Bertz CT molecular complexity index is 489. The molecule has 1 aromatic carbocycles. The zero-order valence-electron chi connectivity index (χ0n) is 11.8. The first kappa shape index (κ1) is 14.4. The van der Waals surface area contributed by atoms with E-state index < -0.39 is 5.97 Å². The number of carbonyl (C=O) groups is 2. The Balaban J connectivity index is 2.27. The molecule has 5 heteroatoms. The molecule has 1 amide bonds. The molecule has 0 spiro atoms. The van der Waals surface area contributed by atoms with Crippen LogP contribution in [0.1, 0.15) is 20.3 Å². The summed E-state index contributed by atoms with van der Waals surface area (Å²) in [4.78, 5) is 26.6. The van der Waals surface area contributed by atoms with Gasteiger partial charge in [-0.25, -0.2) is 0 Å². The number of carboxylic acids is 1. The summed E-state index contributed by atoms with van der Waals surface area (Å²) in [6.07, 6.45) is 0.0276. The first-order chi connectivity index (χ1) is 9.50. The normalized spacial score (nSPS) is 22.7. The SMILES string of the molecule is CC(=O)N1CCN(c2ccccc2)[C@H](CC(=O)O)[C@H]1C. The lowest BCUT2D eigenvalue weighted by atomic mass is 9.98. The van der Waals surface area contributed by atoms with Gasteiger partial charge >= 0.3 is 5.97 Å². The highest BCUT2D eigenvalue weighted by atomic mass is 16.4. The molecule has 1 fully saturated rings. The van der Waals surface area contributed by atoms with Crippen molar-refractivity contribution in [1.29, 1.82) is 0 Å². The van der Waals surface area contributed by atoms with Crippen LogP contribution in [0.2, 0.25) is 0 Å². The number of hydrogen-bond acceptors (Lipinski definition) is 3. The van der Waals surface area contributed by atoms with Crippen LogP contribution >= 0.6 is 0 Å². The molecule has 1 aliphatic rings. The molecule has 20 heavy (non-hydrogen) atoms. The summed E-state index contributed by atoms with van der Waals surface area (Å²) in [5.41, 5.74) is 1.01. The molecule has 0 aromatic heterocycles. The van der Waals surface area contributed by atoms with Crippen molar-refractivity contribution >= 4 is 17.6 Å². The van der Waals surface area contributed by atoms with Gasteiger partial charge in [-0.15, -0.1) is 0 Å². The molecule has 1 aromatic rings. The molecular weight excluding hydrogens is 256 g/mol. The van der Waals surface area contributed by atoms with Crippen LogP contribution < -0.4 is 4.90 Å². The number of amides is 1. The Morgan fingerprint density at radius 3 is 2.45 bits per heavy atom. The van der Waals surface area contributed by atoms with Gasteiger partial charge in [-0.1, -0.05) is 18.2 Å². The summed E-state index contributed by atoms with van der Waals surface area (Å²) in [6.45, 7) is 4.74. The molecule has 2 atom stereocenters. The van der Waals surface area contributed by atoms with E-state index in [4.69, 9.17) is 5.11 Å². The molecule has 0 bridgehead atoms. The molecule has 1 N–H and O–H groups in total. The summed E-state index contributed by atoms with van der Waals surface area (Å²) in [6, 6.07) is 9.45. The smallest absolute Gasteiger partial charge is 0.305 e. The summed E-state index contributed by atoms with van der Waals surface area (Å²) >= 11 is 0. The first-order valence-electron chi connectivity index (χ1n) is 6.81. The number of hydrogen-bond donors (Lipinski definition) is 1. The molecule has 1 saturated heterocycles. The predicted molar refractivity (Wildman–Crippen MR) is 76.7 cm³/mol. The van der Waals surface area contributed by atoms with Gasteiger partial charge in [-0.2, -0.15) is 0 Å². The van der Waals surface area contributed by atoms with E-state index in [1.165, 1.54) is 6.92 Å². The van der Waals surface area contributed by atoms with Crippen LogP contribution in [0.3, 0.4) is 0 Å². The highest BCUT2D eigenvalue weighted by Crippen LogP contribution is 2.26. The van der Waals surface area contributed by atoms with Crippen LogP contribution in [0.4, 0.5) is 5.69 Å². The highest BCUT2D eigenvalue weighted by molar-refractivity contribution is 5.75. The number of para-hydroxylation sites is 1. The molecular formula is C15H20N2O3. The molecule has 108 valence electrons. The van der Waals surface area contributed by atoms with E-state index in [1.54, 1.807) is 4.90 Å². The number of rotatable bonds is 3. The van der Waals surface area contributed by atoms with Gasteiger partial charge in [0.15, 0.2) is 0 Å². The van der Waals surface area contributed by atoms with Crippen LogP contribution in [0.5, 0.6) is 0 Å². The van der Waals surface area contributed by atoms with Gasteiger partial charge in [0.05, 0.1) is 12.5 Å². The van der Waals surface area contributed by atoms with Gasteiger partial charge in [0.2, 0.25) is 5.91 Å². The molecule has 0 saturated carbocycles. The Hall–Kier alpha value is -2.04. The number of carbonyl (C=O) groups excluding carboxylic acids is 1. The second-order valence-corrected chi connectivity index (χ2v) is 5.15. The third-order valence-corrected chi connectivity index (χ3v) is 3.91.